The van der Waals surface area contributed by atoms with E-state index in [1.165, 1.54) is 19.3 Å². The van der Waals surface area contributed by atoms with Gasteiger partial charge in [0.2, 0.25) is 0 Å². The van der Waals surface area contributed by atoms with Crippen molar-refractivity contribution in [2.75, 3.05) is 26.7 Å². The number of ether oxygens (including phenoxy) is 1. The van der Waals surface area contributed by atoms with Crippen molar-refractivity contribution in [3.05, 3.63) is 36.0 Å². The number of carbonyl (C=O) groups excluding carboxylic acids is 1. The summed E-state index contributed by atoms with van der Waals surface area (Å²) in [6.45, 7) is 4.99. The minimum atomic E-state index is -0.202. The zero-order valence-corrected chi connectivity index (χ0v) is 14.8. The van der Waals surface area contributed by atoms with Gasteiger partial charge in [-0.05, 0) is 57.1 Å². The Bertz CT molecular complexity index is 690. The van der Waals surface area contributed by atoms with Crippen LogP contribution in [0.2, 0.25) is 0 Å². The third-order valence-corrected chi connectivity index (χ3v) is 4.69. The van der Waals surface area contributed by atoms with E-state index in [-0.39, 0.29) is 5.91 Å². The number of piperidine rings is 1. The number of aromatic nitrogens is 1. The highest BCUT2D eigenvalue weighted by molar-refractivity contribution is 5.93. The molecule has 6 heteroatoms. The van der Waals surface area contributed by atoms with Gasteiger partial charge in [0.15, 0.2) is 11.5 Å². The molecular formula is C19H25N3O3. The molecule has 0 aliphatic carbocycles. The minimum Gasteiger partial charge on any atom is -0.497 e. The Morgan fingerprint density at radius 1 is 1.28 bits per heavy atom. The predicted octanol–water partition coefficient (Wildman–Crippen LogP) is 2.95. The van der Waals surface area contributed by atoms with Crippen molar-refractivity contribution in [3.63, 3.8) is 0 Å². The summed E-state index contributed by atoms with van der Waals surface area (Å²) in [5.74, 6) is 1.14. The molecule has 1 saturated heterocycles. The summed E-state index contributed by atoms with van der Waals surface area (Å²) in [6, 6.07) is 9.44. The zero-order chi connectivity index (χ0) is 17.6. The van der Waals surface area contributed by atoms with Gasteiger partial charge < -0.3 is 14.6 Å². The summed E-state index contributed by atoms with van der Waals surface area (Å²) in [5, 5.41) is 6.85. The van der Waals surface area contributed by atoms with Crippen LogP contribution in [0.15, 0.2) is 34.9 Å². The maximum atomic E-state index is 12.3. The highest BCUT2D eigenvalue weighted by atomic mass is 16.5. The molecular weight excluding hydrogens is 318 g/mol. The average molecular weight is 343 g/mol. The molecule has 0 bridgehead atoms. The monoisotopic (exact) mass is 343 g/mol. The Hall–Kier alpha value is -2.34. The molecule has 0 unspecified atom stereocenters. The Balaban J connectivity index is 1.56. The van der Waals surface area contributed by atoms with Crippen molar-refractivity contribution in [1.29, 1.82) is 0 Å². The molecule has 6 nitrogen and oxygen atoms in total. The molecule has 1 aliphatic heterocycles. The first-order valence-electron chi connectivity index (χ1n) is 8.81. The highest BCUT2D eigenvalue weighted by Crippen LogP contribution is 2.23. The maximum Gasteiger partial charge on any atom is 0.273 e. The number of hydrogen-bond donors (Lipinski definition) is 1. The number of rotatable bonds is 6. The first kappa shape index (κ1) is 17.5. The van der Waals surface area contributed by atoms with E-state index in [1.807, 2.05) is 24.3 Å². The van der Waals surface area contributed by atoms with E-state index in [9.17, 15) is 4.79 Å². The van der Waals surface area contributed by atoms with E-state index >= 15 is 0 Å². The Morgan fingerprint density at radius 2 is 2.00 bits per heavy atom. The van der Waals surface area contributed by atoms with Gasteiger partial charge >= 0.3 is 0 Å². The topological polar surface area (TPSA) is 67.6 Å². The van der Waals surface area contributed by atoms with E-state index in [4.69, 9.17) is 9.26 Å². The molecule has 1 fully saturated rings. The van der Waals surface area contributed by atoms with Gasteiger partial charge in [-0.15, -0.1) is 0 Å². The maximum absolute atomic E-state index is 12.3. The van der Waals surface area contributed by atoms with Crippen LogP contribution in [-0.2, 0) is 0 Å². The molecule has 1 atom stereocenters. The quantitative estimate of drug-likeness (QED) is 0.873. The van der Waals surface area contributed by atoms with Crippen LogP contribution in [0.3, 0.4) is 0 Å². The van der Waals surface area contributed by atoms with E-state index in [2.05, 4.69) is 22.3 Å². The van der Waals surface area contributed by atoms with Crippen molar-refractivity contribution in [2.24, 2.45) is 0 Å². The van der Waals surface area contributed by atoms with Crippen LogP contribution >= 0.6 is 0 Å². The lowest BCUT2D eigenvalue weighted by Crippen LogP contribution is -2.44. The Kier molecular flexibility index (Phi) is 5.71. The molecule has 1 aromatic heterocycles. The number of benzene rings is 1. The number of hydrogen-bond acceptors (Lipinski definition) is 5. The van der Waals surface area contributed by atoms with Crippen LogP contribution in [0.5, 0.6) is 5.75 Å². The third kappa shape index (κ3) is 4.39. The van der Waals surface area contributed by atoms with Gasteiger partial charge in [-0.3, -0.25) is 9.69 Å². The van der Waals surface area contributed by atoms with Crippen LogP contribution in [0.4, 0.5) is 0 Å². The number of methoxy groups -OCH3 is 1. The lowest BCUT2D eigenvalue weighted by molar-refractivity contribution is 0.0921. The normalized spacial score (nSPS) is 16.4. The molecule has 1 amide bonds. The molecule has 25 heavy (non-hydrogen) atoms. The van der Waals surface area contributed by atoms with Crippen LogP contribution in [0.1, 0.15) is 36.7 Å². The van der Waals surface area contributed by atoms with Gasteiger partial charge in [-0.25, -0.2) is 0 Å². The van der Waals surface area contributed by atoms with Crippen molar-refractivity contribution in [2.45, 2.75) is 32.2 Å². The molecule has 0 radical (unpaired) electrons. The fraction of sp³-hybridized carbons (Fsp3) is 0.474. The van der Waals surface area contributed by atoms with Crippen LogP contribution in [0, 0.1) is 0 Å². The summed E-state index contributed by atoms with van der Waals surface area (Å²) in [6.07, 6.45) is 3.79. The number of nitrogens with one attached hydrogen (secondary N) is 1. The van der Waals surface area contributed by atoms with Crippen molar-refractivity contribution < 1.29 is 14.1 Å². The van der Waals surface area contributed by atoms with Gasteiger partial charge in [0.25, 0.3) is 5.91 Å². The van der Waals surface area contributed by atoms with Gasteiger partial charge in [0.1, 0.15) is 5.75 Å². The molecule has 0 saturated carbocycles. The lowest BCUT2D eigenvalue weighted by Gasteiger charge is -2.32. The molecule has 1 aromatic carbocycles. The second-order valence-corrected chi connectivity index (χ2v) is 6.46. The molecule has 134 valence electrons. The van der Waals surface area contributed by atoms with Crippen molar-refractivity contribution >= 4 is 5.91 Å². The molecule has 2 aromatic rings. The van der Waals surface area contributed by atoms with Crippen molar-refractivity contribution in [3.8, 4) is 17.1 Å². The first-order valence-corrected chi connectivity index (χ1v) is 8.81. The minimum absolute atomic E-state index is 0.202. The van der Waals surface area contributed by atoms with E-state index < -0.39 is 0 Å². The summed E-state index contributed by atoms with van der Waals surface area (Å²) in [7, 11) is 1.62. The molecule has 0 spiro atoms. The second-order valence-electron chi connectivity index (χ2n) is 6.46. The van der Waals surface area contributed by atoms with Gasteiger partial charge in [0.05, 0.1) is 7.11 Å². The summed E-state index contributed by atoms with van der Waals surface area (Å²) in [4.78, 5) is 14.7. The van der Waals surface area contributed by atoms with Gasteiger partial charge in [-0.2, -0.15) is 0 Å². The Morgan fingerprint density at radius 3 is 2.68 bits per heavy atom. The van der Waals surface area contributed by atoms with Gasteiger partial charge in [-0.1, -0.05) is 11.6 Å². The molecule has 3 rings (SSSR count). The van der Waals surface area contributed by atoms with Crippen molar-refractivity contribution in [1.82, 2.24) is 15.4 Å². The predicted molar refractivity (Wildman–Crippen MR) is 95.7 cm³/mol. The zero-order valence-electron chi connectivity index (χ0n) is 14.8. The lowest BCUT2D eigenvalue weighted by atomic mass is 10.1. The number of amides is 1. The molecule has 2 heterocycles. The number of carbonyl (C=O) groups is 1. The third-order valence-electron chi connectivity index (χ3n) is 4.69. The van der Waals surface area contributed by atoms with Crippen LogP contribution in [0.25, 0.3) is 11.3 Å². The summed E-state index contributed by atoms with van der Waals surface area (Å²) in [5.41, 5.74) is 1.16. The fourth-order valence-electron chi connectivity index (χ4n) is 3.09. The fourth-order valence-corrected chi connectivity index (χ4v) is 3.09. The SMILES string of the molecule is COc1ccc(-c2cc(C(=O)NC[C@@H](C)N3CCCCC3)no2)cc1. The summed E-state index contributed by atoms with van der Waals surface area (Å²) < 4.78 is 10.4. The average Bonchev–Trinajstić information content (AvgIpc) is 3.17. The smallest absolute Gasteiger partial charge is 0.273 e. The van der Waals surface area contributed by atoms with E-state index in [1.54, 1.807) is 13.2 Å². The second kappa shape index (κ2) is 8.16. The van der Waals surface area contributed by atoms with Crippen LogP contribution in [-0.4, -0.2) is 48.7 Å². The highest BCUT2D eigenvalue weighted by Gasteiger charge is 2.19. The first-order chi connectivity index (χ1) is 12.2. The van der Waals surface area contributed by atoms with Gasteiger partial charge in [0, 0.05) is 24.2 Å². The van der Waals surface area contributed by atoms with E-state index in [0.29, 0.717) is 24.0 Å². The number of nitrogens with zero attached hydrogens (tertiary/aromatic N) is 2. The summed E-state index contributed by atoms with van der Waals surface area (Å²) >= 11 is 0. The largest absolute Gasteiger partial charge is 0.497 e. The molecule has 1 N–H and O–H groups in total. The van der Waals surface area contributed by atoms with Crippen LogP contribution < -0.4 is 10.1 Å². The molecule has 1 aliphatic rings. The van der Waals surface area contributed by atoms with E-state index in [0.717, 1.165) is 24.4 Å². The number of likely N-dealkylation sites (tertiary alicyclic amines) is 1. The standard InChI is InChI=1S/C19H25N3O3/c1-14(22-10-4-3-5-11-22)13-20-19(23)17-12-18(25-21-17)15-6-8-16(24-2)9-7-15/h6-9,12,14H,3-5,10-11,13H2,1-2H3,(H,20,23)/t14-/m1/s1. The Labute approximate surface area is 148 Å².